The van der Waals surface area contributed by atoms with Crippen LogP contribution in [0, 0.1) is 5.92 Å². The standard InChI is InChI=1S/C17H22N4/c18-15-12-16(19-11-10-13-6-4-5-7-13)21-17(20-15)14-8-2-1-3-9-14/h1-3,8-9,12-13H,4-7,10-11H2,(H3,18,19,20,21). The van der Waals surface area contributed by atoms with Gasteiger partial charge in [0.1, 0.15) is 11.6 Å². The highest BCUT2D eigenvalue weighted by molar-refractivity contribution is 5.60. The fourth-order valence-corrected chi connectivity index (χ4v) is 2.98. The van der Waals surface area contributed by atoms with Crippen molar-refractivity contribution in [2.45, 2.75) is 32.1 Å². The summed E-state index contributed by atoms with van der Waals surface area (Å²) in [5, 5.41) is 3.39. The van der Waals surface area contributed by atoms with Crippen LogP contribution in [0.3, 0.4) is 0 Å². The molecule has 1 aliphatic rings. The molecule has 1 fully saturated rings. The summed E-state index contributed by atoms with van der Waals surface area (Å²) in [5.74, 6) is 2.89. The van der Waals surface area contributed by atoms with E-state index in [9.17, 15) is 0 Å². The van der Waals surface area contributed by atoms with Crippen molar-refractivity contribution in [2.24, 2.45) is 5.92 Å². The van der Waals surface area contributed by atoms with Gasteiger partial charge in [-0.15, -0.1) is 0 Å². The van der Waals surface area contributed by atoms with Gasteiger partial charge in [0, 0.05) is 18.2 Å². The highest BCUT2D eigenvalue weighted by Crippen LogP contribution is 2.27. The zero-order valence-corrected chi connectivity index (χ0v) is 12.3. The SMILES string of the molecule is Nc1cc(NCCC2CCCC2)nc(-c2ccccc2)n1. The number of anilines is 2. The lowest BCUT2D eigenvalue weighted by atomic mass is 10.0. The van der Waals surface area contributed by atoms with Crippen molar-refractivity contribution < 1.29 is 0 Å². The molecule has 0 bridgehead atoms. The number of rotatable bonds is 5. The molecule has 1 aliphatic carbocycles. The molecule has 0 atom stereocenters. The molecule has 21 heavy (non-hydrogen) atoms. The van der Waals surface area contributed by atoms with Gasteiger partial charge < -0.3 is 11.1 Å². The lowest BCUT2D eigenvalue weighted by molar-refractivity contribution is 0.518. The summed E-state index contributed by atoms with van der Waals surface area (Å²) in [6.07, 6.45) is 6.75. The molecule has 0 unspecified atom stereocenters. The first-order chi connectivity index (χ1) is 10.3. The molecule has 1 aromatic heterocycles. The van der Waals surface area contributed by atoms with Crippen LogP contribution < -0.4 is 11.1 Å². The number of hydrogen-bond donors (Lipinski definition) is 2. The molecule has 110 valence electrons. The second-order valence-corrected chi connectivity index (χ2v) is 5.73. The molecule has 0 saturated heterocycles. The lowest BCUT2D eigenvalue weighted by Gasteiger charge is -2.11. The van der Waals surface area contributed by atoms with Crippen LogP contribution >= 0.6 is 0 Å². The maximum Gasteiger partial charge on any atom is 0.163 e. The van der Waals surface area contributed by atoms with Gasteiger partial charge in [-0.05, 0) is 12.3 Å². The van der Waals surface area contributed by atoms with E-state index in [1.807, 2.05) is 30.3 Å². The summed E-state index contributed by atoms with van der Waals surface area (Å²) in [5.41, 5.74) is 6.89. The molecule has 2 aromatic rings. The van der Waals surface area contributed by atoms with Gasteiger partial charge in [-0.1, -0.05) is 56.0 Å². The molecule has 4 heteroatoms. The first-order valence-electron chi connectivity index (χ1n) is 7.75. The first kappa shape index (κ1) is 13.9. The highest BCUT2D eigenvalue weighted by Gasteiger charge is 2.14. The van der Waals surface area contributed by atoms with Crippen LogP contribution in [0.25, 0.3) is 11.4 Å². The fourth-order valence-electron chi connectivity index (χ4n) is 2.98. The van der Waals surface area contributed by atoms with Crippen LogP contribution in [0.1, 0.15) is 32.1 Å². The Morgan fingerprint density at radius 3 is 2.62 bits per heavy atom. The molecule has 3 rings (SSSR count). The van der Waals surface area contributed by atoms with E-state index in [1.165, 1.54) is 32.1 Å². The Morgan fingerprint density at radius 2 is 1.86 bits per heavy atom. The predicted molar refractivity (Wildman–Crippen MR) is 86.9 cm³/mol. The van der Waals surface area contributed by atoms with E-state index in [-0.39, 0.29) is 0 Å². The van der Waals surface area contributed by atoms with Gasteiger partial charge in [0.05, 0.1) is 0 Å². The van der Waals surface area contributed by atoms with E-state index in [0.29, 0.717) is 11.6 Å². The predicted octanol–water partition coefficient (Wildman–Crippen LogP) is 3.72. The van der Waals surface area contributed by atoms with Crippen LogP contribution in [0.2, 0.25) is 0 Å². The van der Waals surface area contributed by atoms with Gasteiger partial charge in [-0.3, -0.25) is 0 Å². The summed E-state index contributed by atoms with van der Waals surface area (Å²) in [4.78, 5) is 8.88. The Morgan fingerprint density at radius 1 is 1.10 bits per heavy atom. The van der Waals surface area contributed by atoms with Crippen LogP contribution in [0.5, 0.6) is 0 Å². The van der Waals surface area contributed by atoms with E-state index in [4.69, 9.17) is 5.73 Å². The molecule has 1 aromatic carbocycles. The van der Waals surface area contributed by atoms with Crippen LogP contribution in [-0.4, -0.2) is 16.5 Å². The van der Waals surface area contributed by atoms with E-state index in [0.717, 1.165) is 23.8 Å². The first-order valence-corrected chi connectivity index (χ1v) is 7.75. The zero-order chi connectivity index (χ0) is 14.5. The van der Waals surface area contributed by atoms with Crippen molar-refractivity contribution in [2.75, 3.05) is 17.6 Å². The van der Waals surface area contributed by atoms with Crippen molar-refractivity contribution in [3.05, 3.63) is 36.4 Å². The third-order valence-corrected chi connectivity index (χ3v) is 4.11. The average molecular weight is 282 g/mol. The molecule has 3 N–H and O–H groups in total. The number of benzene rings is 1. The molecule has 0 amide bonds. The molecular weight excluding hydrogens is 260 g/mol. The van der Waals surface area contributed by atoms with Gasteiger partial charge in [-0.2, -0.15) is 0 Å². The van der Waals surface area contributed by atoms with Gasteiger partial charge in [0.25, 0.3) is 0 Å². The van der Waals surface area contributed by atoms with Crippen molar-refractivity contribution >= 4 is 11.6 Å². The molecule has 0 spiro atoms. The molecule has 4 nitrogen and oxygen atoms in total. The van der Waals surface area contributed by atoms with Crippen LogP contribution in [0.4, 0.5) is 11.6 Å². The number of hydrogen-bond acceptors (Lipinski definition) is 4. The fraction of sp³-hybridized carbons (Fsp3) is 0.412. The second kappa shape index (κ2) is 6.57. The minimum atomic E-state index is 0.507. The molecule has 1 heterocycles. The van der Waals surface area contributed by atoms with Gasteiger partial charge in [0.15, 0.2) is 5.82 Å². The number of nitrogens with zero attached hydrogens (tertiary/aromatic N) is 2. The zero-order valence-electron chi connectivity index (χ0n) is 12.3. The molecule has 0 radical (unpaired) electrons. The van der Waals surface area contributed by atoms with E-state index in [2.05, 4.69) is 15.3 Å². The van der Waals surface area contributed by atoms with Crippen LogP contribution in [-0.2, 0) is 0 Å². The maximum absolute atomic E-state index is 5.90. The summed E-state index contributed by atoms with van der Waals surface area (Å²) in [7, 11) is 0. The number of nitrogens with two attached hydrogens (primary N) is 1. The third-order valence-electron chi connectivity index (χ3n) is 4.11. The van der Waals surface area contributed by atoms with Gasteiger partial charge in [0.2, 0.25) is 0 Å². The Balaban J connectivity index is 1.66. The molecular formula is C17H22N4. The minimum Gasteiger partial charge on any atom is -0.384 e. The minimum absolute atomic E-state index is 0.507. The topological polar surface area (TPSA) is 63.8 Å². The number of aromatic nitrogens is 2. The van der Waals surface area contributed by atoms with Gasteiger partial charge >= 0.3 is 0 Å². The maximum atomic E-state index is 5.90. The summed E-state index contributed by atoms with van der Waals surface area (Å²) in [6, 6.07) is 11.7. The Hall–Kier alpha value is -2.10. The Kier molecular flexibility index (Phi) is 4.34. The monoisotopic (exact) mass is 282 g/mol. The number of nitrogen functional groups attached to an aromatic ring is 1. The average Bonchev–Trinajstić information content (AvgIpc) is 3.01. The van der Waals surface area contributed by atoms with Crippen molar-refractivity contribution in [3.8, 4) is 11.4 Å². The highest BCUT2D eigenvalue weighted by atomic mass is 15.0. The Labute approximate surface area is 125 Å². The summed E-state index contributed by atoms with van der Waals surface area (Å²) < 4.78 is 0. The normalized spacial score (nSPS) is 15.2. The molecule has 0 aliphatic heterocycles. The summed E-state index contributed by atoms with van der Waals surface area (Å²) >= 11 is 0. The number of nitrogens with one attached hydrogen (secondary N) is 1. The quantitative estimate of drug-likeness (QED) is 0.877. The second-order valence-electron chi connectivity index (χ2n) is 5.73. The lowest BCUT2D eigenvalue weighted by Crippen LogP contribution is -2.09. The van der Waals surface area contributed by atoms with Crippen LogP contribution in [0.15, 0.2) is 36.4 Å². The summed E-state index contributed by atoms with van der Waals surface area (Å²) in [6.45, 7) is 0.954. The molecule has 1 saturated carbocycles. The third kappa shape index (κ3) is 3.72. The van der Waals surface area contributed by atoms with Crippen molar-refractivity contribution in [1.82, 2.24) is 9.97 Å². The smallest absolute Gasteiger partial charge is 0.163 e. The van der Waals surface area contributed by atoms with Crippen molar-refractivity contribution in [3.63, 3.8) is 0 Å². The Bertz CT molecular complexity index is 577. The van der Waals surface area contributed by atoms with E-state index < -0.39 is 0 Å². The van der Waals surface area contributed by atoms with Crippen molar-refractivity contribution in [1.29, 1.82) is 0 Å². The largest absolute Gasteiger partial charge is 0.384 e. The van der Waals surface area contributed by atoms with E-state index >= 15 is 0 Å². The van der Waals surface area contributed by atoms with E-state index in [1.54, 1.807) is 6.07 Å². The van der Waals surface area contributed by atoms with Gasteiger partial charge in [-0.25, -0.2) is 9.97 Å².